The standard InChI is InChI=1S/C19H21F2NO4/c1-12(13-8-10-14(24-3)11-9-13)22(2)18(23)15-6-5-7-16(25-4)17(15)26-19(20)21/h5-12,19H,1-4H3. The average molecular weight is 365 g/mol. The lowest BCUT2D eigenvalue weighted by molar-refractivity contribution is -0.0516. The van der Waals surface area contributed by atoms with Gasteiger partial charge in [-0.25, -0.2) is 0 Å². The average Bonchev–Trinajstić information content (AvgIpc) is 2.66. The summed E-state index contributed by atoms with van der Waals surface area (Å²) in [4.78, 5) is 14.3. The Morgan fingerprint density at radius 1 is 1.04 bits per heavy atom. The van der Waals surface area contributed by atoms with E-state index >= 15 is 0 Å². The molecule has 0 spiro atoms. The van der Waals surface area contributed by atoms with Gasteiger partial charge in [0.15, 0.2) is 11.5 Å². The fourth-order valence-electron chi connectivity index (χ4n) is 2.53. The van der Waals surface area contributed by atoms with Crippen LogP contribution >= 0.6 is 0 Å². The van der Waals surface area contributed by atoms with E-state index < -0.39 is 12.5 Å². The molecule has 0 N–H and O–H groups in total. The Morgan fingerprint density at radius 3 is 2.23 bits per heavy atom. The van der Waals surface area contributed by atoms with Crippen molar-refractivity contribution in [1.29, 1.82) is 0 Å². The molecule has 0 saturated carbocycles. The summed E-state index contributed by atoms with van der Waals surface area (Å²) in [6.07, 6.45) is 0. The number of hydrogen-bond acceptors (Lipinski definition) is 4. The number of methoxy groups -OCH3 is 2. The summed E-state index contributed by atoms with van der Waals surface area (Å²) >= 11 is 0. The fraction of sp³-hybridized carbons (Fsp3) is 0.316. The summed E-state index contributed by atoms with van der Waals surface area (Å²) in [5.74, 6) is 0.0450. The molecule has 2 aromatic carbocycles. The Morgan fingerprint density at radius 2 is 1.69 bits per heavy atom. The van der Waals surface area contributed by atoms with Gasteiger partial charge in [-0.15, -0.1) is 0 Å². The molecule has 0 bridgehead atoms. The minimum absolute atomic E-state index is 0.00696. The number of alkyl halides is 2. The van der Waals surface area contributed by atoms with Crippen LogP contribution in [0, 0.1) is 0 Å². The normalized spacial score (nSPS) is 11.8. The minimum Gasteiger partial charge on any atom is -0.497 e. The zero-order valence-corrected chi connectivity index (χ0v) is 15.0. The second kappa shape index (κ2) is 8.51. The second-order valence-corrected chi connectivity index (χ2v) is 5.58. The lowest BCUT2D eigenvalue weighted by Gasteiger charge is -2.26. The summed E-state index contributed by atoms with van der Waals surface area (Å²) in [7, 11) is 4.50. The molecule has 2 rings (SSSR count). The van der Waals surface area contributed by atoms with E-state index in [4.69, 9.17) is 9.47 Å². The van der Waals surface area contributed by atoms with E-state index in [1.165, 1.54) is 24.1 Å². The van der Waals surface area contributed by atoms with Gasteiger partial charge in [-0.2, -0.15) is 8.78 Å². The molecule has 0 saturated heterocycles. The van der Waals surface area contributed by atoms with Crippen molar-refractivity contribution in [3.05, 3.63) is 53.6 Å². The second-order valence-electron chi connectivity index (χ2n) is 5.58. The lowest BCUT2D eigenvalue weighted by atomic mass is 10.1. The number of amides is 1. The molecule has 5 nitrogen and oxygen atoms in total. The fourth-order valence-corrected chi connectivity index (χ4v) is 2.53. The van der Waals surface area contributed by atoms with Gasteiger partial charge in [0.2, 0.25) is 0 Å². The molecule has 7 heteroatoms. The van der Waals surface area contributed by atoms with Gasteiger partial charge in [-0.1, -0.05) is 18.2 Å². The molecule has 1 atom stereocenters. The molecule has 0 heterocycles. The number of nitrogens with zero attached hydrogens (tertiary/aromatic N) is 1. The van der Waals surface area contributed by atoms with E-state index in [1.54, 1.807) is 32.4 Å². The number of hydrogen-bond donors (Lipinski definition) is 0. The van der Waals surface area contributed by atoms with Crippen LogP contribution in [0.3, 0.4) is 0 Å². The number of halogens is 2. The van der Waals surface area contributed by atoms with E-state index in [2.05, 4.69) is 4.74 Å². The third-order valence-corrected chi connectivity index (χ3v) is 4.14. The molecular weight excluding hydrogens is 344 g/mol. The smallest absolute Gasteiger partial charge is 0.387 e. The quantitative estimate of drug-likeness (QED) is 0.740. The van der Waals surface area contributed by atoms with Crippen molar-refractivity contribution in [1.82, 2.24) is 4.90 Å². The summed E-state index contributed by atoms with van der Waals surface area (Å²) in [5, 5.41) is 0. The van der Waals surface area contributed by atoms with E-state index in [1.807, 2.05) is 19.1 Å². The molecule has 0 radical (unpaired) electrons. The summed E-state index contributed by atoms with van der Waals surface area (Å²) in [6, 6.07) is 11.4. The van der Waals surface area contributed by atoms with Gasteiger partial charge in [0.1, 0.15) is 5.75 Å². The maximum absolute atomic E-state index is 12.9. The maximum Gasteiger partial charge on any atom is 0.387 e. The summed E-state index contributed by atoms with van der Waals surface area (Å²) < 4.78 is 40.2. The molecule has 0 aliphatic heterocycles. The molecule has 26 heavy (non-hydrogen) atoms. The van der Waals surface area contributed by atoms with Crippen molar-refractivity contribution < 1.29 is 27.8 Å². The highest BCUT2D eigenvalue weighted by Crippen LogP contribution is 2.34. The van der Waals surface area contributed by atoms with Crippen molar-refractivity contribution in [2.75, 3.05) is 21.3 Å². The lowest BCUT2D eigenvalue weighted by Crippen LogP contribution is -2.30. The van der Waals surface area contributed by atoms with Gasteiger partial charge < -0.3 is 19.1 Å². The van der Waals surface area contributed by atoms with Crippen LogP contribution in [0.5, 0.6) is 17.2 Å². The van der Waals surface area contributed by atoms with Gasteiger partial charge in [0, 0.05) is 7.05 Å². The van der Waals surface area contributed by atoms with E-state index in [0.29, 0.717) is 5.75 Å². The largest absolute Gasteiger partial charge is 0.497 e. The monoisotopic (exact) mass is 365 g/mol. The molecule has 0 fully saturated rings. The molecular formula is C19H21F2NO4. The van der Waals surface area contributed by atoms with Gasteiger partial charge >= 0.3 is 6.61 Å². The van der Waals surface area contributed by atoms with Crippen LogP contribution in [0.25, 0.3) is 0 Å². The maximum atomic E-state index is 12.9. The first-order valence-electron chi connectivity index (χ1n) is 7.92. The van der Waals surface area contributed by atoms with Crippen molar-refractivity contribution in [2.24, 2.45) is 0 Å². The third-order valence-electron chi connectivity index (χ3n) is 4.14. The number of ether oxygens (including phenoxy) is 3. The van der Waals surface area contributed by atoms with E-state index in [9.17, 15) is 13.6 Å². The van der Waals surface area contributed by atoms with Gasteiger partial charge in [0.05, 0.1) is 25.8 Å². The zero-order chi connectivity index (χ0) is 19.3. The number of rotatable bonds is 7. The van der Waals surface area contributed by atoms with E-state index in [0.717, 1.165) is 5.56 Å². The molecule has 140 valence electrons. The topological polar surface area (TPSA) is 48.0 Å². The molecule has 2 aromatic rings. The first-order chi connectivity index (χ1) is 12.4. The van der Waals surface area contributed by atoms with Crippen LogP contribution in [0.4, 0.5) is 8.78 Å². The molecule has 1 unspecified atom stereocenters. The van der Waals surface area contributed by atoms with Crippen LogP contribution in [-0.2, 0) is 0 Å². The third kappa shape index (κ3) is 4.22. The van der Waals surface area contributed by atoms with Crippen molar-refractivity contribution in [3.8, 4) is 17.2 Å². The Hall–Kier alpha value is -2.83. The highest BCUT2D eigenvalue weighted by molar-refractivity contribution is 5.98. The molecule has 1 amide bonds. The molecule has 0 aliphatic rings. The summed E-state index contributed by atoms with van der Waals surface area (Å²) in [6.45, 7) is -1.23. The number of benzene rings is 2. The van der Waals surface area contributed by atoms with Crippen molar-refractivity contribution in [3.63, 3.8) is 0 Å². The molecule has 0 aliphatic carbocycles. The van der Waals surface area contributed by atoms with Crippen LogP contribution in [-0.4, -0.2) is 38.7 Å². The Labute approximate surface area is 151 Å². The number of carbonyl (C=O) groups is 1. The highest BCUT2D eigenvalue weighted by atomic mass is 19.3. The SMILES string of the molecule is COc1ccc(C(C)N(C)C(=O)c2cccc(OC)c2OC(F)F)cc1. The predicted molar refractivity (Wildman–Crippen MR) is 93.1 cm³/mol. The number of carbonyl (C=O) groups excluding carboxylic acids is 1. The first kappa shape index (κ1) is 19.5. The van der Waals surface area contributed by atoms with Gasteiger partial charge in [-0.05, 0) is 36.8 Å². The predicted octanol–water partition coefficient (Wildman–Crippen LogP) is 4.14. The highest BCUT2D eigenvalue weighted by Gasteiger charge is 2.25. The van der Waals surface area contributed by atoms with Gasteiger partial charge in [0.25, 0.3) is 5.91 Å². The first-order valence-corrected chi connectivity index (χ1v) is 7.92. The molecule has 0 aromatic heterocycles. The Bertz CT molecular complexity index is 750. The van der Waals surface area contributed by atoms with Gasteiger partial charge in [-0.3, -0.25) is 4.79 Å². The van der Waals surface area contributed by atoms with Crippen molar-refractivity contribution in [2.45, 2.75) is 19.6 Å². The minimum atomic E-state index is -3.07. The van der Waals surface area contributed by atoms with E-state index in [-0.39, 0.29) is 23.1 Å². The number of para-hydroxylation sites is 1. The van der Waals surface area contributed by atoms with Crippen LogP contribution in [0.2, 0.25) is 0 Å². The summed E-state index contributed by atoms with van der Waals surface area (Å²) in [5.41, 5.74) is 0.883. The Balaban J connectivity index is 2.31. The zero-order valence-electron chi connectivity index (χ0n) is 15.0. The van der Waals surface area contributed by atoms with Crippen LogP contribution in [0.1, 0.15) is 28.9 Å². The van der Waals surface area contributed by atoms with Crippen LogP contribution < -0.4 is 14.2 Å². The Kier molecular flexibility index (Phi) is 6.38. The van der Waals surface area contributed by atoms with Crippen molar-refractivity contribution >= 4 is 5.91 Å². The van der Waals surface area contributed by atoms with Crippen LogP contribution in [0.15, 0.2) is 42.5 Å².